The van der Waals surface area contributed by atoms with Gasteiger partial charge in [-0.15, -0.1) is 0 Å². The van der Waals surface area contributed by atoms with Crippen LogP contribution in [0.25, 0.3) is 22.4 Å². The lowest BCUT2D eigenvalue weighted by molar-refractivity contribution is 0.278. The number of nitrogens with zero attached hydrogens (tertiary/aromatic N) is 2. The van der Waals surface area contributed by atoms with E-state index in [4.69, 9.17) is 14.0 Å². The Kier molecular flexibility index (Phi) is 2.82. The van der Waals surface area contributed by atoms with Crippen LogP contribution in [0.5, 0.6) is 0 Å². The van der Waals surface area contributed by atoms with Crippen LogP contribution < -0.4 is 0 Å². The van der Waals surface area contributed by atoms with Crippen LogP contribution >= 0.6 is 0 Å². The molecular weight excluding hydrogens is 232 g/mol. The second kappa shape index (κ2) is 4.62. The van der Waals surface area contributed by atoms with Gasteiger partial charge in [0.15, 0.2) is 0 Å². The van der Waals surface area contributed by atoms with E-state index < -0.39 is 0 Å². The Balaban J connectivity index is 1.96. The molecule has 2 heterocycles. The van der Waals surface area contributed by atoms with E-state index in [9.17, 15) is 0 Å². The first-order valence-corrected chi connectivity index (χ1v) is 5.78. The quantitative estimate of drug-likeness (QED) is 0.763. The van der Waals surface area contributed by atoms with Gasteiger partial charge in [0.25, 0.3) is 0 Å². The van der Waals surface area contributed by atoms with E-state index in [0.29, 0.717) is 24.6 Å². The number of hydrogen-bond donors (Lipinski definition) is 1. The van der Waals surface area contributed by atoms with Crippen molar-refractivity contribution in [1.82, 2.24) is 10.1 Å². The van der Waals surface area contributed by atoms with Crippen LogP contribution in [0.4, 0.5) is 0 Å². The summed E-state index contributed by atoms with van der Waals surface area (Å²) in [5.41, 5.74) is 1.62. The van der Waals surface area contributed by atoms with E-state index in [2.05, 4.69) is 10.1 Å². The number of furan rings is 1. The summed E-state index contributed by atoms with van der Waals surface area (Å²) in [5.74, 6) is 1.05. The second-order valence-electron chi connectivity index (χ2n) is 3.98. The van der Waals surface area contributed by atoms with Gasteiger partial charge in [-0.25, -0.2) is 0 Å². The van der Waals surface area contributed by atoms with E-state index in [1.165, 1.54) is 0 Å². The number of fused-ring (bicyclic) bond motifs is 1. The predicted octanol–water partition coefficient (Wildman–Crippen LogP) is 2.41. The third-order valence-electron chi connectivity index (χ3n) is 2.74. The first-order chi connectivity index (χ1) is 8.88. The fourth-order valence-electron chi connectivity index (χ4n) is 1.85. The molecule has 92 valence electrons. The van der Waals surface area contributed by atoms with Crippen molar-refractivity contribution in [1.29, 1.82) is 0 Å². The number of hydrogen-bond acceptors (Lipinski definition) is 5. The molecule has 5 nitrogen and oxygen atoms in total. The molecule has 0 saturated carbocycles. The van der Waals surface area contributed by atoms with E-state index in [-0.39, 0.29) is 6.61 Å². The highest BCUT2D eigenvalue weighted by molar-refractivity contribution is 5.91. The molecular formula is C13H12N2O3. The normalized spacial score (nSPS) is 11.2. The minimum Gasteiger partial charge on any atom is -0.464 e. The number of para-hydroxylation sites is 1. The van der Waals surface area contributed by atoms with Gasteiger partial charge in [0.05, 0.1) is 5.56 Å². The molecule has 18 heavy (non-hydrogen) atoms. The highest BCUT2D eigenvalue weighted by Crippen LogP contribution is 2.28. The third kappa shape index (κ3) is 1.89. The zero-order valence-corrected chi connectivity index (χ0v) is 9.67. The van der Waals surface area contributed by atoms with Gasteiger partial charge in [-0.3, -0.25) is 0 Å². The topological polar surface area (TPSA) is 72.3 Å². The molecule has 0 atom stereocenters. The Morgan fingerprint density at radius 3 is 3.00 bits per heavy atom. The summed E-state index contributed by atoms with van der Waals surface area (Å²) in [7, 11) is 0. The molecule has 3 rings (SSSR count). The molecule has 0 amide bonds. The number of aromatic nitrogens is 2. The Morgan fingerprint density at radius 1 is 1.22 bits per heavy atom. The minimum atomic E-state index is 0.117. The van der Waals surface area contributed by atoms with Gasteiger partial charge in [0.1, 0.15) is 11.8 Å². The summed E-state index contributed by atoms with van der Waals surface area (Å²) in [5, 5.41) is 13.7. The fourth-order valence-corrected chi connectivity index (χ4v) is 1.85. The lowest BCUT2D eigenvalue weighted by Gasteiger charge is -1.89. The number of benzene rings is 1. The molecule has 0 aliphatic rings. The van der Waals surface area contributed by atoms with Crippen molar-refractivity contribution >= 4 is 11.0 Å². The summed E-state index contributed by atoms with van der Waals surface area (Å²) >= 11 is 0. The highest BCUT2D eigenvalue weighted by atomic mass is 16.5. The van der Waals surface area contributed by atoms with Gasteiger partial charge in [-0.1, -0.05) is 23.4 Å². The predicted molar refractivity (Wildman–Crippen MR) is 64.9 cm³/mol. The maximum absolute atomic E-state index is 8.75. The smallest absolute Gasteiger partial charge is 0.227 e. The zero-order valence-electron chi connectivity index (χ0n) is 9.67. The second-order valence-corrected chi connectivity index (χ2v) is 3.98. The van der Waals surface area contributed by atoms with Crippen LogP contribution in [0.2, 0.25) is 0 Å². The van der Waals surface area contributed by atoms with Crippen molar-refractivity contribution in [2.45, 2.75) is 12.8 Å². The lowest BCUT2D eigenvalue weighted by Crippen LogP contribution is -1.89. The SMILES string of the molecule is OCCCc1nc(-c2coc3ccccc23)no1. The van der Waals surface area contributed by atoms with Crippen LogP contribution in [0, 0.1) is 0 Å². The van der Waals surface area contributed by atoms with Gasteiger partial charge in [0.2, 0.25) is 11.7 Å². The molecule has 0 radical (unpaired) electrons. The average Bonchev–Trinajstić information content (AvgIpc) is 3.02. The van der Waals surface area contributed by atoms with Gasteiger partial charge >= 0.3 is 0 Å². The molecule has 1 N–H and O–H groups in total. The summed E-state index contributed by atoms with van der Waals surface area (Å²) < 4.78 is 10.6. The van der Waals surface area contributed by atoms with Gasteiger partial charge in [0, 0.05) is 18.4 Å². The Bertz CT molecular complexity index is 657. The van der Waals surface area contributed by atoms with E-state index in [1.54, 1.807) is 6.26 Å². The molecule has 0 aliphatic heterocycles. The standard InChI is InChI=1S/C13H12N2O3/c16-7-3-6-12-14-13(15-18-12)10-8-17-11-5-2-1-4-9(10)11/h1-2,4-5,8,16H,3,6-7H2. The van der Waals surface area contributed by atoms with E-state index in [1.807, 2.05) is 24.3 Å². The van der Waals surface area contributed by atoms with Crippen molar-refractivity contribution < 1.29 is 14.0 Å². The molecule has 0 saturated heterocycles. The molecule has 0 spiro atoms. The van der Waals surface area contributed by atoms with Crippen molar-refractivity contribution in [2.24, 2.45) is 0 Å². The third-order valence-corrected chi connectivity index (χ3v) is 2.74. The van der Waals surface area contributed by atoms with Crippen molar-refractivity contribution in [2.75, 3.05) is 6.61 Å². The molecule has 2 aromatic heterocycles. The number of aryl methyl sites for hydroxylation is 1. The van der Waals surface area contributed by atoms with Crippen LogP contribution in [-0.2, 0) is 6.42 Å². The van der Waals surface area contributed by atoms with Crippen LogP contribution in [0.1, 0.15) is 12.3 Å². The minimum absolute atomic E-state index is 0.117. The van der Waals surface area contributed by atoms with Gasteiger partial charge in [-0.05, 0) is 12.5 Å². The molecule has 0 fully saturated rings. The number of rotatable bonds is 4. The molecule has 0 unspecified atom stereocenters. The molecule has 1 aromatic carbocycles. The van der Waals surface area contributed by atoms with Crippen LogP contribution in [0.3, 0.4) is 0 Å². The first-order valence-electron chi connectivity index (χ1n) is 5.78. The van der Waals surface area contributed by atoms with Gasteiger partial charge < -0.3 is 14.0 Å². The maximum Gasteiger partial charge on any atom is 0.227 e. The van der Waals surface area contributed by atoms with Crippen molar-refractivity contribution in [3.63, 3.8) is 0 Å². The summed E-state index contributed by atoms with van der Waals surface area (Å²) in [6, 6.07) is 7.70. The highest BCUT2D eigenvalue weighted by Gasteiger charge is 2.13. The summed E-state index contributed by atoms with van der Waals surface area (Å²) in [4.78, 5) is 4.29. The maximum atomic E-state index is 8.75. The van der Waals surface area contributed by atoms with Gasteiger partial charge in [-0.2, -0.15) is 4.98 Å². The Hall–Kier alpha value is -2.14. The van der Waals surface area contributed by atoms with Crippen LogP contribution in [-0.4, -0.2) is 21.9 Å². The molecule has 3 aromatic rings. The van der Waals surface area contributed by atoms with Crippen LogP contribution in [0.15, 0.2) is 39.5 Å². The summed E-state index contributed by atoms with van der Waals surface area (Å²) in [6.45, 7) is 0.117. The molecule has 0 aliphatic carbocycles. The monoisotopic (exact) mass is 244 g/mol. The Labute approximate surface area is 103 Å². The molecule has 5 heteroatoms. The van der Waals surface area contributed by atoms with E-state index >= 15 is 0 Å². The number of aliphatic hydroxyl groups is 1. The van der Waals surface area contributed by atoms with E-state index in [0.717, 1.165) is 16.5 Å². The summed E-state index contributed by atoms with van der Waals surface area (Å²) in [6.07, 6.45) is 2.83. The van der Waals surface area contributed by atoms with Crippen molar-refractivity contribution in [3.8, 4) is 11.4 Å². The first kappa shape index (κ1) is 11.0. The zero-order chi connectivity index (χ0) is 12.4. The average molecular weight is 244 g/mol. The van der Waals surface area contributed by atoms with Crippen molar-refractivity contribution in [3.05, 3.63) is 36.4 Å². The number of aliphatic hydroxyl groups excluding tert-OH is 1. The largest absolute Gasteiger partial charge is 0.464 e. The molecule has 0 bridgehead atoms. The fraction of sp³-hybridized carbons (Fsp3) is 0.231. The Morgan fingerprint density at radius 2 is 2.11 bits per heavy atom. The lowest BCUT2D eigenvalue weighted by atomic mass is 10.2.